The highest BCUT2D eigenvalue weighted by Gasteiger charge is 2.15. The predicted octanol–water partition coefficient (Wildman–Crippen LogP) is 7.48. The summed E-state index contributed by atoms with van der Waals surface area (Å²) < 4.78 is 0. The monoisotopic (exact) mass is 462 g/mol. The molecule has 0 fully saturated rings. The Bertz CT molecular complexity index is 1630. The van der Waals surface area contributed by atoms with Crippen molar-refractivity contribution in [3.05, 3.63) is 89.3 Å². The minimum absolute atomic E-state index is 0.925. The molecule has 168 valence electrons. The first kappa shape index (κ1) is 20.9. The van der Waals surface area contributed by atoms with E-state index < -0.39 is 0 Å². The smallest absolute Gasteiger partial charge is 0.116 e. The van der Waals surface area contributed by atoms with Crippen LogP contribution in [0.3, 0.4) is 0 Å². The average Bonchev–Trinajstić information content (AvgIpc) is 3.55. The van der Waals surface area contributed by atoms with Crippen LogP contribution in [0.15, 0.2) is 78.9 Å². The summed E-state index contributed by atoms with van der Waals surface area (Å²) >= 11 is 1.83. The third-order valence-electron chi connectivity index (χ3n) is 6.25. The average molecular weight is 463 g/mol. The number of aromatic amines is 2. The SMILES string of the molecule is Cc1ccc(-c2cccc3[nH]c(-c4n[nH]c5ccc(-c6cccc(CN(C)C)c6)cc45)cc23)s1. The molecule has 3 heterocycles. The Morgan fingerprint density at radius 1 is 0.824 bits per heavy atom. The Labute approximate surface area is 202 Å². The van der Waals surface area contributed by atoms with Crippen molar-refractivity contribution in [3.63, 3.8) is 0 Å². The maximum atomic E-state index is 4.70. The van der Waals surface area contributed by atoms with Gasteiger partial charge in [-0.1, -0.05) is 36.4 Å². The van der Waals surface area contributed by atoms with Crippen LogP contribution >= 0.6 is 11.3 Å². The zero-order valence-corrected chi connectivity index (χ0v) is 20.3. The van der Waals surface area contributed by atoms with Crippen molar-refractivity contribution >= 4 is 33.1 Å². The van der Waals surface area contributed by atoms with Gasteiger partial charge in [0.25, 0.3) is 0 Å². The van der Waals surface area contributed by atoms with Crippen molar-refractivity contribution < 1.29 is 0 Å². The van der Waals surface area contributed by atoms with Crippen molar-refractivity contribution in [2.24, 2.45) is 0 Å². The fourth-order valence-electron chi connectivity index (χ4n) is 4.69. The Morgan fingerprint density at radius 3 is 2.50 bits per heavy atom. The van der Waals surface area contributed by atoms with Gasteiger partial charge in [0.05, 0.1) is 11.2 Å². The summed E-state index contributed by atoms with van der Waals surface area (Å²) in [6, 6.07) is 28.4. The summed E-state index contributed by atoms with van der Waals surface area (Å²) in [6.07, 6.45) is 0. The van der Waals surface area contributed by atoms with Crippen LogP contribution in [0.2, 0.25) is 0 Å². The van der Waals surface area contributed by atoms with Crippen molar-refractivity contribution in [1.82, 2.24) is 20.1 Å². The third kappa shape index (κ3) is 3.73. The normalized spacial score (nSPS) is 11.8. The van der Waals surface area contributed by atoms with Crippen LogP contribution < -0.4 is 0 Å². The van der Waals surface area contributed by atoms with Gasteiger partial charge in [-0.3, -0.25) is 5.10 Å². The molecule has 3 aromatic heterocycles. The first-order chi connectivity index (χ1) is 16.5. The lowest BCUT2D eigenvalue weighted by atomic mass is 10.0. The Kier molecular flexibility index (Phi) is 5.09. The van der Waals surface area contributed by atoms with Gasteiger partial charge in [-0.15, -0.1) is 11.3 Å². The molecule has 5 heteroatoms. The quantitative estimate of drug-likeness (QED) is 0.279. The number of fused-ring (bicyclic) bond motifs is 2. The lowest BCUT2D eigenvalue weighted by Gasteiger charge is -2.11. The molecule has 0 saturated heterocycles. The predicted molar refractivity (Wildman–Crippen MR) is 144 cm³/mol. The summed E-state index contributed by atoms with van der Waals surface area (Å²) in [5.74, 6) is 0. The highest BCUT2D eigenvalue weighted by atomic mass is 32.1. The highest BCUT2D eigenvalue weighted by molar-refractivity contribution is 7.15. The van der Waals surface area contributed by atoms with E-state index in [1.54, 1.807) is 0 Å². The maximum Gasteiger partial charge on any atom is 0.116 e. The molecular weight excluding hydrogens is 436 g/mol. The molecule has 2 N–H and O–H groups in total. The van der Waals surface area contributed by atoms with Crippen molar-refractivity contribution in [1.29, 1.82) is 0 Å². The number of aryl methyl sites for hydroxylation is 1. The number of H-pyrrole nitrogens is 2. The van der Waals surface area contributed by atoms with E-state index in [0.717, 1.165) is 34.4 Å². The zero-order valence-electron chi connectivity index (χ0n) is 19.5. The van der Waals surface area contributed by atoms with E-state index in [1.807, 2.05) is 11.3 Å². The number of benzene rings is 3. The molecule has 0 bridgehead atoms. The summed E-state index contributed by atoms with van der Waals surface area (Å²) in [7, 11) is 4.20. The van der Waals surface area contributed by atoms with E-state index in [-0.39, 0.29) is 0 Å². The molecule has 0 amide bonds. The molecule has 3 aromatic carbocycles. The first-order valence-corrected chi connectivity index (χ1v) is 12.3. The number of thiophene rings is 1. The summed E-state index contributed by atoms with van der Waals surface area (Å²) in [6.45, 7) is 3.08. The first-order valence-electron chi connectivity index (χ1n) is 11.5. The lowest BCUT2D eigenvalue weighted by Crippen LogP contribution is -2.10. The molecule has 0 unspecified atom stereocenters. The Balaban J connectivity index is 1.45. The second kappa shape index (κ2) is 8.28. The van der Waals surface area contributed by atoms with E-state index in [1.165, 1.54) is 37.4 Å². The lowest BCUT2D eigenvalue weighted by molar-refractivity contribution is 0.402. The zero-order chi connectivity index (χ0) is 23.2. The van der Waals surface area contributed by atoms with Crippen LogP contribution in [-0.4, -0.2) is 34.2 Å². The summed E-state index contributed by atoms with van der Waals surface area (Å²) in [5, 5.41) is 10.3. The molecule has 4 nitrogen and oxygen atoms in total. The minimum Gasteiger partial charge on any atom is -0.353 e. The molecule has 0 aliphatic carbocycles. The van der Waals surface area contributed by atoms with Crippen LogP contribution in [-0.2, 0) is 6.54 Å². The molecule has 0 radical (unpaired) electrons. The van der Waals surface area contributed by atoms with E-state index >= 15 is 0 Å². The van der Waals surface area contributed by atoms with Gasteiger partial charge >= 0.3 is 0 Å². The van der Waals surface area contributed by atoms with E-state index in [0.29, 0.717) is 0 Å². The van der Waals surface area contributed by atoms with Gasteiger partial charge in [0.1, 0.15) is 5.69 Å². The van der Waals surface area contributed by atoms with Crippen LogP contribution in [0.5, 0.6) is 0 Å². The number of nitrogens with zero attached hydrogens (tertiary/aromatic N) is 2. The largest absolute Gasteiger partial charge is 0.353 e. The van der Waals surface area contributed by atoms with Crippen LogP contribution in [0, 0.1) is 6.92 Å². The van der Waals surface area contributed by atoms with Crippen LogP contribution in [0.1, 0.15) is 10.4 Å². The standard InChI is InChI=1S/C29H26N4S/c1-18-10-13-28(34-18)22-8-5-9-25-23(22)16-27(30-25)29-24-15-21(11-12-26(24)31-32-29)20-7-4-6-19(14-20)17-33(2)3/h4-16,30H,17H2,1-3H3,(H,31,32). The molecule has 6 aromatic rings. The van der Waals surface area contributed by atoms with Gasteiger partial charge < -0.3 is 9.88 Å². The number of hydrogen-bond donors (Lipinski definition) is 2. The van der Waals surface area contributed by atoms with Gasteiger partial charge in [0.15, 0.2) is 0 Å². The van der Waals surface area contributed by atoms with Crippen molar-refractivity contribution in [2.75, 3.05) is 14.1 Å². The molecule has 0 aliphatic rings. The molecule has 0 atom stereocenters. The topological polar surface area (TPSA) is 47.7 Å². The minimum atomic E-state index is 0.925. The number of rotatable bonds is 5. The number of aromatic nitrogens is 3. The Morgan fingerprint density at radius 2 is 1.68 bits per heavy atom. The molecule has 0 aliphatic heterocycles. The van der Waals surface area contributed by atoms with Gasteiger partial charge in [0, 0.05) is 38.2 Å². The van der Waals surface area contributed by atoms with Gasteiger partial charge in [-0.05, 0) is 80.2 Å². The second-order valence-electron chi connectivity index (χ2n) is 9.13. The number of hydrogen-bond acceptors (Lipinski definition) is 3. The molecule has 0 saturated carbocycles. The fraction of sp³-hybridized carbons (Fsp3) is 0.138. The summed E-state index contributed by atoms with van der Waals surface area (Å²) in [5.41, 5.74) is 9.13. The summed E-state index contributed by atoms with van der Waals surface area (Å²) in [4.78, 5) is 8.42. The van der Waals surface area contributed by atoms with E-state index in [2.05, 4.69) is 115 Å². The molecule has 6 rings (SSSR count). The molecule has 0 spiro atoms. The van der Waals surface area contributed by atoms with Crippen LogP contribution in [0.25, 0.3) is 54.8 Å². The fourth-order valence-corrected chi connectivity index (χ4v) is 5.60. The van der Waals surface area contributed by atoms with Crippen molar-refractivity contribution in [2.45, 2.75) is 13.5 Å². The third-order valence-corrected chi connectivity index (χ3v) is 7.28. The number of nitrogens with one attached hydrogen (secondary N) is 2. The molecule has 34 heavy (non-hydrogen) atoms. The van der Waals surface area contributed by atoms with Crippen molar-refractivity contribution in [3.8, 4) is 33.0 Å². The highest BCUT2D eigenvalue weighted by Crippen LogP contribution is 2.37. The van der Waals surface area contributed by atoms with E-state index in [4.69, 9.17) is 5.10 Å². The van der Waals surface area contributed by atoms with Gasteiger partial charge in [-0.25, -0.2) is 0 Å². The van der Waals surface area contributed by atoms with Crippen LogP contribution in [0.4, 0.5) is 0 Å². The second-order valence-corrected chi connectivity index (χ2v) is 10.4. The molecular formula is C29H26N4S. The maximum absolute atomic E-state index is 4.70. The Hall–Kier alpha value is -3.67. The van der Waals surface area contributed by atoms with E-state index in [9.17, 15) is 0 Å². The van der Waals surface area contributed by atoms with Gasteiger partial charge in [-0.2, -0.15) is 5.10 Å². The van der Waals surface area contributed by atoms with Gasteiger partial charge in [0.2, 0.25) is 0 Å².